The quantitative estimate of drug-likeness (QED) is 0.534. The summed E-state index contributed by atoms with van der Waals surface area (Å²) in [5, 5.41) is 17.1. The normalized spacial score (nSPS) is 13.3. The molecule has 2 heterocycles. The van der Waals surface area contributed by atoms with Crippen molar-refractivity contribution in [2.24, 2.45) is 0 Å². The van der Waals surface area contributed by atoms with Crippen molar-refractivity contribution in [1.29, 1.82) is 0 Å². The Morgan fingerprint density at radius 3 is 2.83 bits per heavy atom. The predicted molar refractivity (Wildman–Crippen MR) is 115 cm³/mol. The maximum atomic E-state index is 12.4. The van der Waals surface area contributed by atoms with E-state index in [-0.39, 0.29) is 17.6 Å². The standard InChI is InChI=1S/C20H21N5O2S2/c1-2-21-19(27)13-5-3-6-14(11-13)22-17(26)12-29-20-24-23-18(16-7-4-10-28-16)25(20)15-8-9-15/h3-7,10-11,15H,2,8-9,12H2,1H3,(H,21,27)(H,22,26). The number of amides is 2. The second-order valence-corrected chi connectivity index (χ2v) is 8.55. The largest absolute Gasteiger partial charge is 0.352 e. The minimum atomic E-state index is -0.156. The van der Waals surface area contributed by atoms with Crippen molar-refractivity contribution in [3.8, 4) is 10.7 Å². The van der Waals surface area contributed by atoms with E-state index in [1.165, 1.54) is 11.8 Å². The molecule has 2 N–H and O–H groups in total. The Morgan fingerprint density at radius 1 is 1.24 bits per heavy atom. The van der Waals surface area contributed by atoms with Crippen LogP contribution in [-0.2, 0) is 4.79 Å². The van der Waals surface area contributed by atoms with Gasteiger partial charge in [-0.05, 0) is 49.4 Å². The number of nitrogens with one attached hydrogen (secondary N) is 2. The Hall–Kier alpha value is -2.65. The first-order valence-corrected chi connectivity index (χ1v) is 11.3. The van der Waals surface area contributed by atoms with Gasteiger partial charge in [-0.25, -0.2) is 0 Å². The molecule has 29 heavy (non-hydrogen) atoms. The van der Waals surface area contributed by atoms with Gasteiger partial charge in [-0.3, -0.25) is 14.2 Å². The molecule has 0 spiro atoms. The van der Waals surface area contributed by atoms with E-state index in [2.05, 4.69) is 25.4 Å². The summed E-state index contributed by atoms with van der Waals surface area (Å²) in [7, 11) is 0. The van der Waals surface area contributed by atoms with Crippen LogP contribution in [0, 0.1) is 0 Å². The number of rotatable bonds is 8. The monoisotopic (exact) mass is 427 g/mol. The van der Waals surface area contributed by atoms with Crippen LogP contribution in [0.15, 0.2) is 46.9 Å². The van der Waals surface area contributed by atoms with Crippen LogP contribution in [0.2, 0.25) is 0 Å². The molecule has 1 aromatic carbocycles. The van der Waals surface area contributed by atoms with Gasteiger partial charge in [-0.15, -0.1) is 21.5 Å². The number of nitrogens with zero attached hydrogens (tertiary/aromatic N) is 3. The number of carbonyl (C=O) groups is 2. The van der Waals surface area contributed by atoms with Crippen molar-refractivity contribution in [2.75, 3.05) is 17.6 Å². The molecule has 1 aliphatic rings. The van der Waals surface area contributed by atoms with E-state index in [1.807, 2.05) is 24.4 Å². The molecule has 0 bridgehead atoms. The highest BCUT2D eigenvalue weighted by atomic mass is 32.2. The zero-order valence-corrected chi connectivity index (χ0v) is 17.6. The second-order valence-electron chi connectivity index (χ2n) is 6.66. The third-order valence-electron chi connectivity index (χ3n) is 4.40. The lowest BCUT2D eigenvalue weighted by molar-refractivity contribution is -0.113. The first-order chi connectivity index (χ1) is 14.2. The minimum Gasteiger partial charge on any atom is -0.352 e. The fourth-order valence-corrected chi connectivity index (χ4v) is 4.45. The summed E-state index contributed by atoms with van der Waals surface area (Å²) in [6.07, 6.45) is 2.23. The van der Waals surface area contributed by atoms with Crippen molar-refractivity contribution in [2.45, 2.75) is 31.0 Å². The van der Waals surface area contributed by atoms with Crippen LogP contribution in [0.4, 0.5) is 5.69 Å². The lowest BCUT2D eigenvalue weighted by Crippen LogP contribution is -2.23. The fraction of sp³-hybridized carbons (Fsp3) is 0.300. The third-order valence-corrected chi connectivity index (χ3v) is 6.21. The van der Waals surface area contributed by atoms with Crippen LogP contribution >= 0.6 is 23.1 Å². The SMILES string of the molecule is CCNC(=O)c1cccc(NC(=O)CSc2nnc(-c3cccs3)n2C2CC2)c1. The van der Waals surface area contributed by atoms with Crippen LogP contribution in [-0.4, -0.2) is 38.9 Å². The number of anilines is 1. The zero-order chi connectivity index (χ0) is 20.2. The highest BCUT2D eigenvalue weighted by Crippen LogP contribution is 2.41. The van der Waals surface area contributed by atoms with Gasteiger partial charge in [0.1, 0.15) is 0 Å². The third kappa shape index (κ3) is 4.68. The molecule has 0 unspecified atom stereocenters. The highest BCUT2D eigenvalue weighted by molar-refractivity contribution is 7.99. The van der Waals surface area contributed by atoms with Crippen LogP contribution in [0.25, 0.3) is 10.7 Å². The van der Waals surface area contributed by atoms with E-state index >= 15 is 0 Å². The van der Waals surface area contributed by atoms with Gasteiger partial charge in [0.15, 0.2) is 11.0 Å². The molecule has 0 saturated heterocycles. The molecule has 9 heteroatoms. The molecule has 1 aliphatic carbocycles. The summed E-state index contributed by atoms with van der Waals surface area (Å²) in [5.41, 5.74) is 1.12. The Bertz CT molecular complexity index is 1010. The van der Waals surface area contributed by atoms with Crippen LogP contribution in [0.5, 0.6) is 0 Å². The maximum Gasteiger partial charge on any atom is 0.251 e. The number of carbonyl (C=O) groups excluding carboxylic acids is 2. The molecule has 150 valence electrons. The van der Waals surface area contributed by atoms with Crippen molar-refractivity contribution in [3.63, 3.8) is 0 Å². The predicted octanol–water partition coefficient (Wildman–Crippen LogP) is 3.82. The average Bonchev–Trinajstić information content (AvgIpc) is 3.24. The van der Waals surface area contributed by atoms with Crippen molar-refractivity contribution >= 4 is 40.6 Å². The number of aromatic nitrogens is 3. The first-order valence-electron chi connectivity index (χ1n) is 9.45. The van der Waals surface area contributed by atoms with E-state index in [0.717, 1.165) is 28.7 Å². The van der Waals surface area contributed by atoms with E-state index in [1.54, 1.807) is 35.6 Å². The van der Waals surface area contributed by atoms with Gasteiger partial charge in [-0.1, -0.05) is 23.9 Å². The van der Waals surface area contributed by atoms with Gasteiger partial charge in [0, 0.05) is 23.8 Å². The Kier molecular flexibility index (Phi) is 5.96. The minimum absolute atomic E-state index is 0.147. The summed E-state index contributed by atoms with van der Waals surface area (Å²) < 4.78 is 2.15. The summed E-state index contributed by atoms with van der Waals surface area (Å²) in [5.74, 6) is 0.795. The van der Waals surface area contributed by atoms with Crippen molar-refractivity contribution in [3.05, 3.63) is 47.3 Å². The Labute approximate surface area is 176 Å². The van der Waals surface area contributed by atoms with Gasteiger partial charge in [0.2, 0.25) is 5.91 Å². The smallest absolute Gasteiger partial charge is 0.251 e. The first kappa shape index (κ1) is 19.7. The van der Waals surface area contributed by atoms with Crippen LogP contribution in [0.1, 0.15) is 36.2 Å². The summed E-state index contributed by atoms with van der Waals surface area (Å²) >= 11 is 3.02. The number of hydrogen-bond acceptors (Lipinski definition) is 6. The number of benzene rings is 1. The Balaban J connectivity index is 1.41. The van der Waals surface area contributed by atoms with E-state index in [9.17, 15) is 9.59 Å². The number of hydrogen-bond donors (Lipinski definition) is 2. The van der Waals surface area contributed by atoms with E-state index in [0.29, 0.717) is 23.8 Å². The molecule has 7 nitrogen and oxygen atoms in total. The number of thioether (sulfide) groups is 1. The second kappa shape index (κ2) is 8.79. The molecular weight excluding hydrogens is 406 g/mol. The van der Waals surface area contributed by atoms with E-state index < -0.39 is 0 Å². The fourth-order valence-electron chi connectivity index (χ4n) is 2.94. The lowest BCUT2D eigenvalue weighted by atomic mass is 10.2. The summed E-state index contributed by atoms with van der Waals surface area (Å²) in [4.78, 5) is 25.5. The molecule has 1 saturated carbocycles. The molecule has 2 amide bonds. The number of thiophene rings is 1. The molecule has 3 aromatic rings. The molecule has 0 atom stereocenters. The van der Waals surface area contributed by atoms with Crippen molar-refractivity contribution < 1.29 is 9.59 Å². The molecular formula is C20H21N5O2S2. The Morgan fingerprint density at radius 2 is 2.10 bits per heavy atom. The van der Waals surface area contributed by atoms with Gasteiger partial charge in [0.05, 0.1) is 10.6 Å². The zero-order valence-electron chi connectivity index (χ0n) is 15.9. The van der Waals surface area contributed by atoms with Gasteiger partial charge in [-0.2, -0.15) is 0 Å². The van der Waals surface area contributed by atoms with Gasteiger partial charge in [0.25, 0.3) is 5.91 Å². The van der Waals surface area contributed by atoms with Crippen molar-refractivity contribution in [1.82, 2.24) is 20.1 Å². The molecule has 4 rings (SSSR count). The van der Waals surface area contributed by atoms with Gasteiger partial charge < -0.3 is 10.6 Å². The molecule has 0 aliphatic heterocycles. The van der Waals surface area contributed by atoms with Crippen LogP contribution in [0.3, 0.4) is 0 Å². The topological polar surface area (TPSA) is 88.9 Å². The summed E-state index contributed by atoms with van der Waals surface area (Å²) in [6, 6.07) is 11.4. The molecule has 0 radical (unpaired) electrons. The lowest BCUT2D eigenvalue weighted by Gasteiger charge is -2.09. The molecule has 1 fully saturated rings. The molecule has 2 aromatic heterocycles. The van der Waals surface area contributed by atoms with Crippen LogP contribution < -0.4 is 10.6 Å². The summed E-state index contributed by atoms with van der Waals surface area (Å²) in [6.45, 7) is 2.42. The van der Waals surface area contributed by atoms with Gasteiger partial charge >= 0.3 is 0 Å². The average molecular weight is 428 g/mol. The van der Waals surface area contributed by atoms with E-state index in [4.69, 9.17) is 0 Å². The maximum absolute atomic E-state index is 12.4. The highest BCUT2D eigenvalue weighted by Gasteiger charge is 2.30.